The number of nitrogens with zero attached hydrogens (tertiary/aromatic N) is 5. The van der Waals surface area contributed by atoms with Crippen LogP contribution in [0.25, 0.3) is 0 Å². The van der Waals surface area contributed by atoms with Crippen molar-refractivity contribution < 1.29 is 14.2 Å². The van der Waals surface area contributed by atoms with Crippen LogP contribution < -0.4 is 5.32 Å². The number of aryl methyl sites for hydroxylation is 3. The van der Waals surface area contributed by atoms with E-state index in [9.17, 15) is 9.59 Å². The maximum atomic E-state index is 12.7. The van der Waals surface area contributed by atoms with Gasteiger partial charge < -0.3 is 10.2 Å². The maximum absolute atomic E-state index is 12.7. The Morgan fingerprint density at radius 1 is 1.24 bits per heavy atom. The van der Waals surface area contributed by atoms with Crippen molar-refractivity contribution in [1.29, 1.82) is 0 Å². The molecule has 1 aliphatic rings. The SMILES string of the molecule is Cc1cc(C)n(C(C)CC(=O)N2CCC(CC(=O)NCc3nonc3C)CC2)n1. The van der Waals surface area contributed by atoms with Gasteiger partial charge in [0.15, 0.2) is 0 Å². The normalized spacial score (nSPS) is 16.1. The van der Waals surface area contributed by atoms with Crippen LogP contribution in [0.1, 0.15) is 61.4 Å². The van der Waals surface area contributed by atoms with E-state index in [0.29, 0.717) is 49.8 Å². The van der Waals surface area contributed by atoms with Crippen molar-refractivity contribution in [3.63, 3.8) is 0 Å². The summed E-state index contributed by atoms with van der Waals surface area (Å²) in [5.41, 5.74) is 3.38. The van der Waals surface area contributed by atoms with Gasteiger partial charge in [0, 0.05) is 31.6 Å². The van der Waals surface area contributed by atoms with Crippen molar-refractivity contribution in [2.45, 2.75) is 66.0 Å². The van der Waals surface area contributed by atoms with Crippen LogP contribution in [0.15, 0.2) is 10.7 Å². The summed E-state index contributed by atoms with van der Waals surface area (Å²) in [5.74, 6) is 0.446. The number of likely N-dealkylation sites (tertiary alicyclic amines) is 1. The van der Waals surface area contributed by atoms with Crippen molar-refractivity contribution in [2.24, 2.45) is 5.92 Å². The third-order valence-electron chi connectivity index (χ3n) is 5.57. The third-order valence-corrected chi connectivity index (χ3v) is 5.57. The molecule has 1 fully saturated rings. The molecule has 1 atom stereocenters. The fraction of sp³-hybridized carbons (Fsp3) is 0.650. The standard InChI is InChI=1S/C20H30N6O3/c1-13-9-14(2)26(22-13)15(3)10-20(28)25-7-5-17(6-8-25)11-19(27)21-12-18-16(4)23-29-24-18/h9,15,17H,5-8,10-12H2,1-4H3,(H,21,27). The maximum Gasteiger partial charge on any atom is 0.224 e. The Balaban J connectivity index is 1.40. The van der Waals surface area contributed by atoms with E-state index < -0.39 is 0 Å². The molecule has 2 aromatic rings. The number of carbonyl (C=O) groups excluding carboxylic acids is 2. The Hall–Kier alpha value is -2.71. The highest BCUT2D eigenvalue weighted by atomic mass is 16.6. The van der Waals surface area contributed by atoms with E-state index in [-0.39, 0.29) is 17.9 Å². The molecule has 3 heterocycles. The molecular weight excluding hydrogens is 372 g/mol. The predicted octanol–water partition coefficient (Wildman–Crippen LogP) is 2.09. The first-order chi connectivity index (χ1) is 13.8. The van der Waals surface area contributed by atoms with Crippen LogP contribution in [0.3, 0.4) is 0 Å². The van der Waals surface area contributed by atoms with Crippen molar-refractivity contribution in [1.82, 2.24) is 30.3 Å². The minimum atomic E-state index is -0.00433. The first-order valence-electron chi connectivity index (χ1n) is 10.2. The molecule has 158 valence electrons. The summed E-state index contributed by atoms with van der Waals surface area (Å²) in [6, 6.07) is 2.06. The summed E-state index contributed by atoms with van der Waals surface area (Å²) in [5, 5.41) is 14.8. The fourth-order valence-electron chi connectivity index (χ4n) is 3.87. The summed E-state index contributed by atoms with van der Waals surface area (Å²) in [4.78, 5) is 26.8. The van der Waals surface area contributed by atoms with E-state index in [1.165, 1.54) is 0 Å². The molecule has 0 saturated carbocycles. The molecule has 0 bridgehead atoms. The summed E-state index contributed by atoms with van der Waals surface area (Å²) in [6.45, 7) is 9.53. The van der Waals surface area contributed by atoms with Gasteiger partial charge in [-0.3, -0.25) is 14.3 Å². The molecule has 1 unspecified atom stereocenters. The monoisotopic (exact) mass is 402 g/mol. The zero-order valence-corrected chi connectivity index (χ0v) is 17.6. The Bertz CT molecular complexity index is 850. The Morgan fingerprint density at radius 2 is 1.97 bits per heavy atom. The molecule has 0 aromatic carbocycles. The second-order valence-electron chi connectivity index (χ2n) is 8.03. The smallest absolute Gasteiger partial charge is 0.224 e. The predicted molar refractivity (Wildman–Crippen MR) is 106 cm³/mol. The topological polar surface area (TPSA) is 106 Å². The average Bonchev–Trinajstić information content (AvgIpc) is 3.24. The van der Waals surface area contributed by atoms with Gasteiger partial charge >= 0.3 is 0 Å². The lowest BCUT2D eigenvalue weighted by molar-refractivity contribution is -0.133. The highest BCUT2D eigenvalue weighted by Gasteiger charge is 2.26. The Labute approximate surface area is 170 Å². The van der Waals surface area contributed by atoms with E-state index in [0.717, 1.165) is 24.2 Å². The van der Waals surface area contributed by atoms with Crippen LogP contribution >= 0.6 is 0 Å². The van der Waals surface area contributed by atoms with E-state index in [4.69, 9.17) is 0 Å². The first kappa shape index (κ1) is 21.0. The minimum Gasteiger partial charge on any atom is -0.350 e. The second kappa shape index (κ2) is 9.19. The third kappa shape index (κ3) is 5.42. The van der Waals surface area contributed by atoms with Gasteiger partial charge in [0.1, 0.15) is 11.4 Å². The number of hydrogen-bond donors (Lipinski definition) is 1. The van der Waals surface area contributed by atoms with Crippen LogP contribution in [0.2, 0.25) is 0 Å². The van der Waals surface area contributed by atoms with Crippen LogP contribution in [0, 0.1) is 26.7 Å². The summed E-state index contributed by atoms with van der Waals surface area (Å²) >= 11 is 0. The lowest BCUT2D eigenvalue weighted by atomic mass is 9.93. The van der Waals surface area contributed by atoms with E-state index in [1.807, 2.05) is 36.4 Å². The lowest BCUT2D eigenvalue weighted by Crippen LogP contribution is -2.40. The van der Waals surface area contributed by atoms with Gasteiger partial charge in [-0.15, -0.1) is 0 Å². The number of amides is 2. The van der Waals surface area contributed by atoms with Crippen LogP contribution in [0.5, 0.6) is 0 Å². The second-order valence-corrected chi connectivity index (χ2v) is 8.03. The molecule has 2 amide bonds. The van der Waals surface area contributed by atoms with Crippen LogP contribution in [-0.2, 0) is 16.1 Å². The van der Waals surface area contributed by atoms with Gasteiger partial charge in [-0.1, -0.05) is 10.3 Å². The molecule has 3 rings (SSSR count). The van der Waals surface area contributed by atoms with E-state index >= 15 is 0 Å². The molecule has 1 saturated heterocycles. The molecule has 1 N–H and O–H groups in total. The van der Waals surface area contributed by atoms with Gasteiger partial charge in [-0.05, 0) is 52.5 Å². The number of aromatic nitrogens is 4. The molecule has 0 radical (unpaired) electrons. The Morgan fingerprint density at radius 3 is 2.55 bits per heavy atom. The summed E-state index contributed by atoms with van der Waals surface area (Å²) in [7, 11) is 0. The molecule has 29 heavy (non-hydrogen) atoms. The molecule has 0 spiro atoms. The van der Waals surface area contributed by atoms with Crippen molar-refractivity contribution in [3.05, 3.63) is 28.8 Å². The fourth-order valence-corrected chi connectivity index (χ4v) is 3.87. The quantitative estimate of drug-likeness (QED) is 0.760. The highest BCUT2D eigenvalue weighted by Crippen LogP contribution is 2.23. The first-order valence-corrected chi connectivity index (χ1v) is 10.2. The van der Waals surface area contributed by atoms with Crippen LogP contribution in [-0.4, -0.2) is 49.9 Å². The van der Waals surface area contributed by atoms with Crippen molar-refractivity contribution in [2.75, 3.05) is 13.1 Å². The zero-order valence-electron chi connectivity index (χ0n) is 17.6. The number of hydrogen-bond acceptors (Lipinski definition) is 6. The minimum absolute atomic E-state index is 0.00433. The highest BCUT2D eigenvalue weighted by molar-refractivity contribution is 5.77. The van der Waals surface area contributed by atoms with E-state index in [2.05, 4.69) is 25.4 Å². The van der Waals surface area contributed by atoms with Crippen molar-refractivity contribution >= 4 is 11.8 Å². The number of carbonyl (C=O) groups is 2. The average molecular weight is 402 g/mol. The molecule has 9 heteroatoms. The van der Waals surface area contributed by atoms with E-state index in [1.54, 1.807) is 6.92 Å². The molecule has 0 aliphatic carbocycles. The molecule has 9 nitrogen and oxygen atoms in total. The summed E-state index contributed by atoms with van der Waals surface area (Å²) < 4.78 is 6.56. The van der Waals surface area contributed by atoms with Gasteiger partial charge in [0.05, 0.1) is 18.3 Å². The molecular formula is C20H30N6O3. The molecule has 2 aromatic heterocycles. The lowest BCUT2D eigenvalue weighted by Gasteiger charge is -2.32. The van der Waals surface area contributed by atoms with Gasteiger partial charge in [-0.25, -0.2) is 4.63 Å². The Kier molecular flexibility index (Phi) is 6.66. The summed E-state index contributed by atoms with van der Waals surface area (Å²) in [6.07, 6.45) is 2.60. The number of nitrogens with one attached hydrogen (secondary N) is 1. The van der Waals surface area contributed by atoms with Crippen molar-refractivity contribution in [3.8, 4) is 0 Å². The van der Waals surface area contributed by atoms with Crippen LogP contribution in [0.4, 0.5) is 0 Å². The molecule has 1 aliphatic heterocycles. The largest absolute Gasteiger partial charge is 0.350 e. The van der Waals surface area contributed by atoms with Gasteiger partial charge in [-0.2, -0.15) is 5.10 Å². The number of piperidine rings is 1. The number of rotatable bonds is 7. The van der Waals surface area contributed by atoms with Gasteiger partial charge in [0.2, 0.25) is 11.8 Å². The zero-order chi connectivity index (χ0) is 21.0. The van der Waals surface area contributed by atoms with Gasteiger partial charge in [0.25, 0.3) is 0 Å².